The predicted molar refractivity (Wildman–Crippen MR) is 221 cm³/mol. The summed E-state index contributed by atoms with van der Waals surface area (Å²) >= 11 is 6.44. The summed E-state index contributed by atoms with van der Waals surface area (Å²) in [6, 6.07) is 16.6. The number of nitrogens with one attached hydrogen (secondary N) is 5. The second-order valence-electron chi connectivity index (χ2n) is 14.3. The van der Waals surface area contributed by atoms with Crippen molar-refractivity contribution in [3.8, 4) is 5.75 Å². The molecule has 0 spiro atoms. The lowest BCUT2D eigenvalue weighted by atomic mass is 10.0. The van der Waals surface area contributed by atoms with E-state index in [9.17, 15) is 28.5 Å². The summed E-state index contributed by atoms with van der Waals surface area (Å²) < 4.78 is 18.6. The Hall–Kier alpha value is -6.25. The first-order valence-electron chi connectivity index (χ1n) is 18.5. The number of aromatic nitrogens is 2. The Morgan fingerprint density at radius 1 is 0.948 bits per heavy atom. The van der Waals surface area contributed by atoms with E-state index in [-0.39, 0.29) is 41.9 Å². The molecule has 1 unspecified atom stereocenters. The first kappa shape index (κ1) is 40.0. The maximum Gasteiger partial charge on any atom is 0.264 e. The van der Waals surface area contributed by atoms with Crippen molar-refractivity contribution in [2.75, 3.05) is 54.4 Å². The van der Waals surface area contributed by atoms with Gasteiger partial charge in [-0.15, -0.1) is 0 Å². The van der Waals surface area contributed by atoms with Crippen LogP contribution in [0.1, 0.15) is 46.4 Å². The van der Waals surface area contributed by atoms with E-state index in [4.69, 9.17) is 16.3 Å². The summed E-state index contributed by atoms with van der Waals surface area (Å²) in [6.07, 6.45) is 5.66. The van der Waals surface area contributed by atoms with E-state index in [0.29, 0.717) is 64.9 Å². The molecule has 5 amide bonds. The highest BCUT2D eigenvalue weighted by molar-refractivity contribution is 7.70. The fourth-order valence-corrected chi connectivity index (χ4v) is 8.46. The molecule has 58 heavy (non-hydrogen) atoms. The van der Waals surface area contributed by atoms with Crippen LogP contribution in [0.4, 0.5) is 34.5 Å². The Bertz CT molecular complexity index is 2400. The van der Waals surface area contributed by atoms with Crippen molar-refractivity contribution in [3.05, 3.63) is 95.3 Å². The second-order valence-corrected chi connectivity index (χ2v) is 17.9. The van der Waals surface area contributed by atoms with Crippen LogP contribution in [-0.4, -0.2) is 90.0 Å². The Morgan fingerprint density at radius 3 is 2.45 bits per heavy atom. The van der Waals surface area contributed by atoms with Crippen molar-refractivity contribution in [1.29, 1.82) is 0 Å². The molecule has 0 aliphatic carbocycles. The number of halogens is 1. The molecule has 3 aliphatic heterocycles. The lowest BCUT2D eigenvalue weighted by molar-refractivity contribution is -0.136. The van der Waals surface area contributed by atoms with Gasteiger partial charge in [-0.3, -0.25) is 34.2 Å². The van der Waals surface area contributed by atoms with Crippen LogP contribution >= 0.6 is 18.7 Å². The SMILES string of the molecule is COc1cc(N2CCC(NC(=O)C=CNc3cccc4c3C(=O)N(C3CCC(=O)NC3=O)C4=O)CC2)ccc1Nc1ncc(Cl)c(Nc2ccccc2P(C)(C)=O)n1. The molecule has 3 aliphatic rings. The van der Waals surface area contributed by atoms with Crippen LogP contribution in [0.3, 0.4) is 0 Å². The summed E-state index contributed by atoms with van der Waals surface area (Å²) in [5.41, 5.74) is 2.77. The Kier molecular flexibility index (Phi) is 11.5. The third-order valence-electron chi connectivity index (χ3n) is 10.1. The number of amides is 5. The van der Waals surface area contributed by atoms with Gasteiger partial charge in [0.1, 0.15) is 24.0 Å². The summed E-state index contributed by atoms with van der Waals surface area (Å²) in [5, 5.41) is 15.5. The Morgan fingerprint density at radius 2 is 1.71 bits per heavy atom. The summed E-state index contributed by atoms with van der Waals surface area (Å²) in [6.45, 7) is 4.77. The second kappa shape index (κ2) is 16.7. The molecule has 16 nitrogen and oxygen atoms in total. The number of nitrogens with zero attached hydrogens (tertiary/aromatic N) is 4. The maximum absolute atomic E-state index is 13.3. The van der Waals surface area contributed by atoms with Crippen molar-refractivity contribution >= 4 is 88.1 Å². The van der Waals surface area contributed by atoms with Gasteiger partial charge in [-0.2, -0.15) is 4.98 Å². The number of benzene rings is 3. The number of para-hydroxylation sites is 1. The van der Waals surface area contributed by atoms with Gasteiger partial charge in [-0.25, -0.2) is 4.98 Å². The number of piperidine rings is 2. The highest BCUT2D eigenvalue weighted by Crippen LogP contribution is 2.39. The molecule has 1 aromatic heterocycles. The standard InChI is InChI=1S/C40H41ClN9O7P/c1-57-31-21-24(11-12-27(31)46-40-43-22-26(41)36(48-40)45-28-8-4-5-10-32(28)58(2,3)56)49-19-16-23(17-20-49)44-34(52)15-18-42-29-9-6-7-25-35(29)39(55)50(38(25)54)30-13-14-33(51)47-37(30)53/h4-12,15,18,21-23,30,42H,13-14,16-17,19-20H2,1-3H3,(H,44,52)(H,47,51,53)(H2,43,45,46,48). The van der Waals surface area contributed by atoms with E-state index in [0.717, 1.165) is 10.6 Å². The van der Waals surface area contributed by atoms with Gasteiger partial charge in [-0.05, 0) is 69.0 Å². The molecule has 4 heterocycles. The molecule has 4 aromatic rings. The topological polar surface area (TPSA) is 204 Å². The number of carbonyl (C=O) groups excluding carboxylic acids is 5. The van der Waals surface area contributed by atoms with Crippen LogP contribution in [0.2, 0.25) is 5.02 Å². The summed E-state index contributed by atoms with van der Waals surface area (Å²) in [5.74, 6) is -1.52. The number of hydrogen-bond acceptors (Lipinski definition) is 13. The number of fused-ring (bicyclic) bond motifs is 1. The minimum atomic E-state index is -2.58. The molecule has 18 heteroatoms. The molecule has 0 radical (unpaired) electrons. The number of imide groups is 2. The zero-order valence-corrected chi connectivity index (χ0v) is 33.5. The van der Waals surface area contributed by atoms with Crippen molar-refractivity contribution in [1.82, 2.24) is 25.5 Å². The van der Waals surface area contributed by atoms with Gasteiger partial charge < -0.3 is 35.5 Å². The lowest BCUT2D eigenvalue weighted by Gasteiger charge is -2.34. The minimum Gasteiger partial charge on any atom is -0.494 e. The van der Waals surface area contributed by atoms with Gasteiger partial charge in [-0.1, -0.05) is 29.8 Å². The van der Waals surface area contributed by atoms with Crippen molar-refractivity contribution < 1.29 is 33.3 Å². The average molecular weight is 826 g/mol. The zero-order valence-electron chi connectivity index (χ0n) is 31.9. The van der Waals surface area contributed by atoms with Crippen molar-refractivity contribution in [2.45, 2.75) is 37.8 Å². The van der Waals surface area contributed by atoms with Crippen LogP contribution in [0.25, 0.3) is 0 Å². The molecule has 300 valence electrons. The van der Waals surface area contributed by atoms with Crippen LogP contribution in [0.15, 0.2) is 79.1 Å². The molecular formula is C40H41ClN9O7P. The Labute approximate surface area is 339 Å². The van der Waals surface area contributed by atoms with Gasteiger partial charge in [0, 0.05) is 54.9 Å². The van der Waals surface area contributed by atoms with Crippen LogP contribution in [-0.2, 0) is 18.9 Å². The molecule has 0 bridgehead atoms. The van der Waals surface area contributed by atoms with Gasteiger partial charge in [0.15, 0.2) is 5.82 Å². The van der Waals surface area contributed by atoms with E-state index in [1.54, 1.807) is 32.6 Å². The third kappa shape index (κ3) is 8.53. The van der Waals surface area contributed by atoms with E-state index < -0.39 is 36.8 Å². The predicted octanol–water partition coefficient (Wildman–Crippen LogP) is 4.99. The number of ether oxygens (including phenoxy) is 1. The molecule has 7 rings (SSSR count). The fraction of sp³-hybridized carbons (Fsp3) is 0.275. The van der Waals surface area contributed by atoms with Gasteiger partial charge in [0.2, 0.25) is 23.7 Å². The number of carbonyl (C=O) groups is 5. The number of anilines is 6. The third-order valence-corrected chi connectivity index (χ3v) is 11.9. The zero-order chi connectivity index (χ0) is 41.1. The van der Waals surface area contributed by atoms with Crippen LogP contribution < -0.4 is 41.5 Å². The highest BCUT2D eigenvalue weighted by atomic mass is 35.5. The average Bonchev–Trinajstić information content (AvgIpc) is 3.45. The number of rotatable bonds is 12. The fourth-order valence-electron chi connectivity index (χ4n) is 7.17. The Balaban J connectivity index is 0.927. The molecule has 2 saturated heterocycles. The first-order valence-corrected chi connectivity index (χ1v) is 21.5. The molecule has 5 N–H and O–H groups in total. The van der Waals surface area contributed by atoms with E-state index in [1.807, 2.05) is 42.5 Å². The highest BCUT2D eigenvalue weighted by Gasteiger charge is 2.45. The largest absolute Gasteiger partial charge is 0.494 e. The molecule has 1 atom stereocenters. The summed E-state index contributed by atoms with van der Waals surface area (Å²) in [7, 11) is -1.00. The normalized spacial score (nSPS) is 17.3. The van der Waals surface area contributed by atoms with E-state index in [2.05, 4.69) is 41.5 Å². The lowest BCUT2D eigenvalue weighted by Crippen LogP contribution is -2.54. The monoisotopic (exact) mass is 825 g/mol. The van der Waals surface area contributed by atoms with Gasteiger partial charge >= 0.3 is 0 Å². The van der Waals surface area contributed by atoms with Crippen LogP contribution in [0, 0.1) is 0 Å². The molecular weight excluding hydrogens is 785 g/mol. The first-order chi connectivity index (χ1) is 27.8. The molecule has 0 saturated carbocycles. The maximum atomic E-state index is 13.3. The van der Waals surface area contributed by atoms with Gasteiger partial charge in [0.25, 0.3) is 11.8 Å². The molecule has 3 aromatic carbocycles. The smallest absolute Gasteiger partial charge is 0.264 e. The van der Waals surface area contributed by atoms with E-state index >= 15 is 0 Å². The van der Waals surface area contributed by atoms with E-state index in [1.165, 1.54) is 24.5 Å². The quantitative estimate of drug-likeness (QED) is 0.0727. The summed E-state index contributed by atoms with van der Waals surface area (Å²) in [4.78, 5) is 75.4. The minimum absolute atomic E-state index is 0.0242. The molecule has 2 fully saturated rings. The van der Waals surface area contributed by atoms with Crippen molar-refractivity contribution in [3.63, 3.8) is 0 Å². The number of hydrogen-bond donors (Lipinski definition) is 5. The van der Waals surface area contributed by atoms with Gasteiger partial charge in [0.05, 0.1) is 41.5 Å². The van der Waals surface area contributed by atoms with Crippen LogP contribution in [0.5, 0.6) is 5.75 Å². The van der Waals surface area contributed by atoms with Crippen molar-refractivity contribution in [2.24, 2.45) is 0 Å². The number of methoxy groups -OCH3 is 1.